The van der Waals surface area contributed by atoms with Crippen LogP contribution < -0.4 is 10.5 Å². The SMILES string of the molecule is CCC[C@@H](C[C@H](N)CO)Oc1cc(Cl)c(F)cc1C#N. The molecule has 3 N–H and O–H groups in total. The van der Waals surface area contributed by atoms with Gasteiger partial charge < -0.3 is 15.6 Å². The van der Waals surface area contributed by atoms with Crippen molar-refractivity contribution in [1.29, 1.82) is 5.26 Å². The molecule has 1 aromatic carbocycles. The summed E-state index contributed by atoms with van der Waals surface area (Å²) in [6.07, 6.45) is 1.77. The van der Waals surface area contributed by atoms with Gasteiger partial charge in [0.1, 0.15) is 23.7 Å². The van der Waals surface area contributed by atoms with E-state index in [1.807, 2.05) is 13.0 Å². The van der Waals surface area contributed by atoms with Crippen molar-refractivity contribution in [2.75, 3.05) is 6.61 Å². The molecular formula is C14H18ClFN2O2. The van der Waals surface area contributed by atoms with Gasteiger partial charge in [-0.25, -0.2) is 4.39 Å². The molecule has 0 aliphatic carbocycles. The zero-order chi connectivity index (χ0) is 15.1. The number of rotatable bonds is 7. The van der Waals surface area contributed by atoms with Crippen molar-refractivity contribution in [3.8, 4) is 11.8 Å². The Morgan fingerprint density at radius 1 is 1.55 bits per heavy atom. The second-order valence-corrected chi connectivity index (χ2v) is 4.99. The fraction of sp³-hybridized carbons (Fsp3) is 0.500. The van der Waals surface area contributed by atoms with Crippen LogP contribution in [0, 0.1) is 17.1 Å². The van der Waals surface area contributed by atoms with Crippen molar-refractivity contribution in [3.05, 3.63) is 28.5 Å². The normalized spacial score (nSPS) is 13.6. The maximum Gasteiger partial charge on any atom is 0.143 e. The number of halogens is 2. The van der Waals surface area contributed by atoms with Gasteiger partial charge in [0.15, 0.2) is 0 Å². The van der Waals surface area contributed by atoms with Gasteiger partial charge in [-0.3, -0.25) is 0 Å². The van der Waals surface area contributed by atoms with Crippen LogP contribution in [0.5, 0.6) is 5.75 Å². The summed E-state index contributed by atoms with van der Waals surface area (Å²) in [4.78, 5) is 0. The van der Waals surface area contributed by atoms with Crippen molar-refractivity contribution in [2.24, 2.45) is 5.73 Å². The van der Waals surface area contributed by atoms with E-state index in [-0.39, 0.29) is 29.0 Å². The Bertz CT molecular complexity index is 491. The number of hydrogen-bond donors (Lipinski definition) is 2. The van der Waals surface area contributed by atoms with Gasteiger partial charge >= 0.3 is 0 Å². The zero-order valence-electron chi connectivity index (χ0n) is 11.3. The van der Waals surface area contributed by atoms with Gasteiger partial charge in [-0.05, 0) is 12.5 Å². The number of nitriles is 1. The number of benzene rings is 1. The quantitative estimate of drug-likeness (QED) is 0.811. The minimum Gasteiger partial charge on any atom is -0.489 e. The van der Waals surface area contributed by atoms with Crippen LogP contribution in [0.1, 0.15) is 31.7 Å². The molecule has 0 bridgehead atoms. The third kappa shape index (κ3) is 4.64. The predicted molar refractivity (Wildman–Crippen MR) is 75.1 cm³/mol. The average Bonchev–Trinajstić information content (AvgIpc) is 2.42. The molecule has 0 aliphatic rings. The molecule has 110 valence electrons. The number of aliphatic hydroxyl groups is 1. The number of hydrogen-bond acceptors (Lipinski definition) is 4. The van der Waals surface area contributed by atoms with E-state index >= 15 is 0 Å². The van der Waals surface area contributed by atoms with Crippen LogP contribution in [0.4, 0.5) is 4.39 Å². The van der Waals surface area contributed by atoms with Crippen molar-refractivity contribution in [1.82, 2.24) is 0 Å². The minimum atomic E-state index is -0.658. The van der Waals surface area contributed by atoms with Crippen LogP contribution in [-0.4, -0.2) is 23.9 Å². The maximum atomic E-state index is 13.3. The maximum absolute atomic E-state index is 13.3. The number of nitrogens with two attached hydrogens (primary N) is 1. The Morgan fingerprint density at radius 2 is 2.25 bits per heavy atom. The first kappa shape index (κ1) is 16.7. The first-order valence-electron chi connectivity index (χ1n) is 6.44. The fourth-order valence-electron chi connectivity index (χ4n) is 1.85. The highest BCUT2D eigenvalue weighted by Crippen LogP contribution is 2.28. The Morgan fingerprint density at radius 3 is 2.80 bits per heavy atom. The van der Waals surface area contributed by atoms with E-state index in [9.17, 15) is 4.39 Å². The molecule has 4 nitrogen and oxygen atoms in total. The summed E-state index contributed by atoms with van der Waals surface area (Å²) in [7, 11) is 0. The first-order chi connectivity index (χ1) is 9.51. The van der Waals surface area contributed by atoms with E-state index in [4.69, 9.17) is 32.4 Å². The molecule has 0 aromatic heterocycles. The summed E-state index contributed by atoms with van der Waals surface area (Å²) >= 11 is 5.71. The van der Waals surface area contributed by atoms with Crippen molar-refractivity contribution in [3.63, 3.8) is 0 Å². The minimum absolute atomic E-state index is 0.0885. The van der Waals surface area contributed by atoms with Gasteiger partial charge in [-0.1, -0.05) is 24.9 Å². The van der Waals surface area contributed by atoms with E-state index in [0.29, 0.717) is 12.8 Å². The predicted octanol–water partition coefficient (Wildman–Crippen LogP) is 2.61. The molecule has 0 amide bonds. The molecule has 0 heterocycles. The molecule has 0 spiro atoms. The lowest BCUT2D eigenvalue weighted by molar-refractivity contribution is 0.151. The smallest absolute Gasteiger partial charge is 0.143 e. The van der Waals surface area contributed by atoms with E-state index in [2.05, 4.69) is 0 Å². The van der Waals surface area contributed by atoms with Crippen molar-refractivity contribution in [2.45, 2.75) is 38.3 Å². The third-order valence-corrected chi connectivity index (χ3v) is 3.14. The van der Waals surface area contributed by atoms with Gasteiger partial charge in [-0.15, -0.1) is 0 Å². The summed E-state index contributed by atoms with van der Waals surface area (Å²) in [6, 6.07) is 3.82. The van der Waals surface area contributed by atoms with E-state index in [1.54, 1.807) is 0 Å². The van der Waals surface area contributed by atoms with Crippen LogP contribution in [0.2, 0.25) is 5.02 Å². The number of aliphatic hydroxyl groups excluding tert-OH is 1. The molecule has 6 heteroatoms. The molecule has 0 aliphatic heterocycles. The monoisotopic (exact) mass is 300 g/mol. The van der Waals surface area contributed by atoms with Gasteiger partial charge in [0, 0.05) is 18.5 Å². The zero-order valence-corrected chi connectivity index (χ0v) is 12.0. The first-order valence-corrected chi connectivity index (χ1v) is 6.81. The van der Waals surface area contributed by atoms with Crippen LogP contribution >= 0.6 is 11.6 Å². The Balaban J connectivity index is 2.93. The fourth-order valence-corrected chi connectivity index (χ4v) is 2.01. The Labute approximate surface area is 122 Å². The lowest BCUT2D eigenvalue weighted by atomic mass is 10.1. The second kappa shape index (κ2) is 8.05. The summed E-state index contributed by atoms with van der Waals surface area (Å²) in [5, 5.41) is 17.9. The van der Waals surface area contributed by atoms with Gasteiger partial charge in [0.05, 0.1) is 17.2 Å². The third-order valence-electron chi connectivity index (χ3n) is 2.85. The number of nitrogens with zero attached hydrogens (tertiary/aromatic N) is 1. The van der Waals surface area contributed by atoms with E-state index < -0.39 is 11.9 Å². The molecule has 20 heavy (non-hydrogen) atoms. The Kier molecular flexibility index (Phi) is 6.73. The van der Waals surface area contributed by atoms with E-state index in [1.165, 1.54) is 6.07 Å². The second-order valence-electron chi connectivity index (χ2n) is 4.58. The molecular weight excluding hydrogens is 283 g/mol. The van der Waals surface area contributed by atoms with Crippen LogP contribution in [0.3, 0.4) is 0 Å². The largest absolute Gasteiger partial charge is 0.489 e. The van der Waals surface area contributed by atoms with E-state index in [0.717, 1.165) is 12.5 Å². The van der Waals surface area contributed by atoms with Crippen molar-refractivity contribution >= 4 is 11.6 Å². The lowest BCUT2D eigenvalue weighted by Gasteiger charge is -2.22. The van der Waals surface area contributed by atoms with Crippen LogP contribution in [0.15, 0.2) is 12.1 Å². The highest BCUT2D eigenvalue weighted by molar-refractivity contribution is 6.30. The molecule has 0 unspecified atom stereocenters. The highest BCUT2D eigenvalue weighted by atomic mass is 35.5. The van der Waals surface area contributed by atoms with Crippen LogP contribution in [0.25, 0.3) is 0 Å². The molecule has 0 radical (unpaired) electrons. The summed E-state index contributed by atoms with van der Waals surface area (Å²) in [5.41, 5.74) is 5.79. The summed E-state index contributed by atoms with van der Waals surface area (Å²) < 4.78 is 19.0. The standard InChI is InChI=1S/C14H18ClFN2O2/c1-2-3-11(5-10(18)8-19)20-14-6-12(15)13(16)4-9(14)7-17/h4,6,10-11,19H,2-3,5,8,18H2,1H3/t10-,11-/m0/s1. The van der Waals surface area contributed by atoms with Gasteiger partial charge in [0.2, 0.25) is 0 Å². The van der Waals surface area contributed by atoms with Crippen molar-refractivity contribution < 1.29 is 14.2 Å². The molecule has 1 rings (SSSR count). The molecule has 1 aromatic rings. The average molecular weight is 301 g/mol. The Hall–Kier alpha value is -1.35. The van der Waals surface area contributed by atoms with Crippen LogP contribution in [-0.2, 0) is 0 Å². The topological polar surface area (TPSA) is 79.3 Å². The molecule has 0 saturated carbocycles. The highest BCUT2D eigenvalue weighted by Gasteiger charge is 2.17. The summed E-state index contributed by atoms with van der Waals surface area (Å²) in [6.45, 7) is 1.85. The molecule has 0 fully saturated rings. The van der Waals surface area contributed by atoms with Gasteiger partial charge in [-0.2, -0.15) is 5.26 Å². The van der Waals surface area contributed by atoms with Gasteiger partial charge in [0.25, 0.3) is 0 Å². The number of ether oxygens (including phenoxy) is 1. The lowest BCUT2D eigenvalue weighted by Crippen LogP contribution is -2.32. The molecule has 0 saturated heterocycles. The summed E-state index contributed by atoms with van der Waals surface area (Å²) in [5.74, 6) is -0.419. The molecule has 2 atom stereocenters.